The normalized spacial score (nSPS) is 15.3. The Balaban J connectivity index is 2.82. The summed E-state index contributed by atoms with van der Waals surface area (Å²) in [6, 6.07) is 6.77. The molecular weight excluding hydrogens is 266 g/mol. The van der Waals surface area contributed by atoms with E-state index in [2.05, 4.69) is 15.9 Å². The molecular formula is C11H13BrF2O. The van der Waals surface area contributed by atoms with Crippen molar-refractivity contribution in [1.29, 1.82) is 0 Å². The monoisotopic (exact) mass is 278 g/mol. The molecule has 0 aliphatic rings. The van der Waals surface area contributed by atoms with E-state index in [1.165, 1.54) is 0 Å². The molecule has 15 heavy (non-hydrogen) atoms. The van der Waals surface area contributed by atoms with Crippen molar-refractivity contribution in [2.24, 2.45) is 5.92 Å². The average Bonchev–Trinajstić information content (AvgIpc) is 2.19. The molecule has 2 atom stereocenters. The number of benzene rings is 1. The van der Waals surface area contributed by atoms with Gasteiger partial charge < -0.3 is 5.11 Å². The maximum atomic E-state index is 12.5. The first-order chi connectivity index (χ1) is 7.06. The van der Waals surface area contributed by atoms with Crippen LogP contribution >= 0.6 is 15.9 Å². The molecule has 0 aliphatic heterocycles. The molecule has 0 aliphatic carbocycles. The van der Waals surface area contributed by atoms with Crippen LogP contribution < -0.4 is 0 Å². The second-order valence-electron chi connectivity index (χ2n) is 3.40. The van der Waals surface area contributed by atoms with Gasteiger partial charge in [-0.05, 0) is 24.1 Å². The van der Waals surface area contributed by atoms with Gasteiger partial charge in [-0.25, -0.2) is 8.78 Å². The molecule has 1 nitrogen and oxygen atoms in total. The fourth-order valence-electron chi connectivity index (χ4n) is 1.45. The van der Waals surface area contributed by atoms with E-state index in [1.807, 2.05) is 0 Å². The van der Waals surface area contributed by atoms with Crippen LogP contribution in [0.2, 0.25) is 0 Å². The Hall–Kier alpha value is -0.480. The van der Waals surface area contributed by atoms with Gasteiger partial charge in [-0.1, -0.05) is 35.0 Å². The first-order valence-electron chi connectivity index (χ1n) is 4.78. The summed E-state index contributed by atoms with van der Waals surface area (Å²) >= 11 is 3.25. The maximum Gasteiger partial charge on any atom is 0.244 e. The van der Waals surface area contributed by atoms with Crippen molar-refractivity contribution in [2.75, 3.05) is 0 Å². The lowest BCUT2D eigenvalue weighted by molar-refractivity contribution is -0.0110. The summed E-state index contributed by atoms with van der Waals surface area (Å²) in [6.45, 7) is 1.65. The highest BCUT2D eigenvalue weighted by Crippen LogP contribution is 2.30. The summed E-state index contributed by atoms with van der Waals surface area (Å²) in [5.41, 5.74) is 0.533. The van der Waals surface area contributed by atoms with Crippen LogP contribution in [0.15, 0.2) is 28.7 Å². The Morgan fingerprint density at radius 1 is 1.27 bits per heavy atom. The molecule has 0 fully saturated rings. The Morgan fingerprint density at radius 2 is 1.80 bits per heavy atom. The first-order valence-corrected chi connectivity index (χ1v) is 5.57. The van der Waals surface area contributed by atoms with Crippen LogP contribution in [0.25, 0.3) is 0 Å². The summed E-state index contributed by atoms with van der Waals surface area (Å²) in [5.74, 6) is -0.994. The van der Waals surface area contributed by atoms with E-state index < -0.39 is 18.4 Å². The first kappa shape index (κ1) is 12.6. The van der Waals surface area contributed by atoms with Gasteiger partial charge in [-0.2, -0.15) is 0 Å². The molecule has 1 aromatic carbocycles. The van der Waals surface area contributed by atoms with Crippen molar-refractivity contribution >= 4 is 15.9 Å². The second-order valence-corrected chi connectivity index (χ2v) is 4.32. The molecule has 84 valence electrons. The fourth-order valence-corrected chi connectivity index (χ4v) is 1.71. The van der Waals surface area contributed by atoms with Gasteiger partial charge in [0.2, 0.25) is 6.43 Å². The summed E-state index contributed by atoms with van der Waals surface area (Å²) in [5, 5.41) is 9.75. The third kappa shape index (κ3) is 3.24. The SMILES string of the molecule is CCC(C(F)F)C(O)c1ccc(Br)cc1. The number of rotatable bonds is 4. The Labute approximate surface area is 96.2 Å². The van der Waals surface area contributed by atoms with Crippen molar-refractivity contribution in [3.05, 3.63) is 34.3 Å². The van der Waals surface area contributed by atoms with E-state index >= 15 is 0 Å². The quantitative estimate of drug-likeness (QED) is 0.889. The zero-order valence-electron chi connectivity index (χ0n) is 8.33. The van der Waals surface area contributed by atoms with E-state index in [1.54, 1.807) is 31.2 Å². The maximum absolute atomic E-state index is 12.5. The number of hydrogen-bond acceptors (Lipinski definition) is 1. The minimum atomic E-state index is -2.49. The predicted molar refractivity (Wildman–Crippen MR) is 58.9 cm³/mol. The number of hydrogen-bond donors (Lipinski definition) is 1. The zero-order chi connectivity index (χ0) is 11.4. The number of aliphatic hydroxyl groups excluding tert-OH is 1. The van der Waals surface area contributed by atoms with Crippen LogP contribution in [-0.2, 0) is 0 Å². The number of aliphatic hydroxyl groups is 1. The highest BCUT2D eigenvalue weighted by Gasteiger charge is 2.27. The molecule has 1 aromatic rings. The molecule has 2 unspecified atom stereocenters. The van der Waals surface area contributed by atoms with Crippen molar-refractivity contribution in [2.45, 2.75) is 25.9 Å². The lowest BCUT2D eigenvalue weighted by Gasteiger charge is -2.21. The van der Waals surface area contributed by atoms with Gasteiger partial charge in [0, 0.05) is 10.4 Å². The van der Waals surface area contributed by atoms with Gasteiger partial charge in [0.05, 0.1) is 6.10 Å². The Morgan fingerprint density at radius 3 is 2.20 bits per heavy atom. The van der Waals surface area contributed by atoms with Gasteiger partial charge >= 0.3 is 0 Å². The molecule has 0 aromatic heterocycles. The van der Waals surface area contributed by atoms with Crippen molar-refractivity contribution in [3.63, 3.8) is 0 Å². The highest BCUT2D eigenvalue weighted by molar-refractivity contribution is 9.10. The molecule has 0 bridgehead atoms. The van der Waals surface area contributed by atoms with Crippen molar-refractivity contribution in [3.8, 4) is 0 Å². The Bertz CT molecular complexity index is 300. The minimum absolute atomic E-state index is 0.259. The van der Waals surface area contributed by atoms with Gasteiger partial charge in [-0.3, -0.25) is 0 Å². The molecule has 0 saturated heterocycles. The molecule has 0 radical (unpaired) electrons. The predicted octanol–water partition coefficient (Wildman–Crippen LogP) is 3.77. The molecule has 0 saturated carbocycles. The van der Waals surface area contributed by atoms with E-state index in [-0.39, 0.29) is 6.42 Å². The largest absolute Gasteiger partial charge is 0.388 e. The molecule has 0 amide bonds. The second kappa shape index (κ2) is 5.56. The van der Waals surface area contributed by atoms with E-state index in [9.17, 15) is 13.9 Å². The minimum Gasteiger partial charge on any atom is -0.388 e. The molecule has 1 rings (SSSR count). The van der Waals surface area contributed by atoms with Crippen LogP contribution in [0.3, 0.4) is 0 Å². The standard InChI is InChI=1S/C11H13BrF2O/c1-2-9(11(13)14)10(15)7-3-5-8(12)6-4-7/h3-6,9-11,15H,2H2,1H3. The lowest BCUT2D eigenvalue weighted by atomic mass is 9.94. The van der Waals surface area contributed by atoms with Crippen LogP contribution in [0.1, 0.15) is 25.0 Å². The van der Waals surface area contributed by atoms with Crippen LogP contribution in [0.5, 0.6) is 0 Å². The fraction of sp³-hybridized carbons (Fsp3) is 0.455. The lowest BCUT2D eigenvalue weighted by Crippen LogP contribution is -2.19. The van der Waals surface area contributed by atoms with E-state index in [4.69, 9.17) is 0 Å². The zero-order valence-corrected chi connectivity index (χ0v) is 9.92. The number of halogens is 3. The van der Waals surface area contributed by atoms with Gasteiger partial charge in [-0.15, -0.1) is 0 Å². The van der Waals surface area contributed by atoms with E-state index in [0.29, 0.717) is 5.56 Å². The van der Waals surface area contributed by atoms with Crippen LogP contribution in [0, 0.1) is 5.92 Å². The average molecular weight is 279 g/mol. The van der Waals surface area contributed by atoms with Gasteiger partial charge in [0.25, 0.3) is 0 Å². The van der Waals surface area contributed by atoms with Gasteiger partial charge in [0.15, 0.2) is 0 Å². The molecule has 1 N–H and O–H groups in total. The topological polar surface area (TPSA) is 20.2 Å². The Kier molecular flexibility index (Phi) is 4.67. The third-order valence-electron chi connectivity index (χ3n) is 2.41. The van der Waals surface area contributed by atoms with Crippen molar-refractivity contribution in [1.82, 2.24) is 0 Å². The summed E-state index contributed by atoms with van der Waals surface area (Å²) in [4.78, 5) is 0. The summed E-state index contributed by atoms with van der Waals surface area (Å²) < 4.78 is 26.0. The molecule has 0 heterocycles. The summed E-state index contributed by atoms with van der Waals surface area (Å²) in [7, 11) is 0. The third-order valence-corrected chi connectivity index (χ3v) is 2.94. The van der Waals surface area contributed by atoms with Gasteiger partial charge in [0.1, 0.15) is 0 Å². The highest BCUT2D eigenvalue weighted by atomic mass is 79.9. The van der Waals surface area contributed by atoms with Crippen LogP contribution in [0.4, 0.5) is 8.78 Å². The smallest absolute Gasteiger partial charge is 0.244 e. The van der Waals surface area contributed by atoms with Crippen LogP contribution in [-0.4, -0.2) is 11.5 Å². The molecule has 4 heteroatoms. The molecule has 0 spiro atoms. The number of alkyl halides is 2. The summed E-state index contributed by atoms with van der Waals surface area (Å²) in [6.07, 6.45) is -3.33. The van der Waals surface area contributed by atoms with E-state index in [0.717, 1.165) is 4.47 Å². The van der Waals surface area contributed by atoms with Crippen molar-refractivity contribution < 1.29 is 13.9 Å².